The number of aliphatic carboxylic acids is 1. The van der Waals surface area contributed by atoms with E-state index in [1.54, 1.807) is 12.1 Å². The number of aryl methyl sites for hydroxylation is 1. The lowest BCUT2D eigenvalue weighted by molar-refractivity contribution is -0.144. The van der Waals surface area contributed by atoms with Crippen LogP contribution in [-0.4, -0.2) is 55.0 Å². The van der Waals surface area contributed by atoms with Crippen molar-refractivity contribution < 1.29 is 24.1 Å². The highest BCUT2D eigenvalue weighted by Gasteiger charge is 2.54. The molecule has 1 aliphatic heterocycles. The minimum Gasteiger partial charge on any atom is -0.493 e. The van der Waals surface area contributed by atoms with Crippen LogP contribution in [0.4, 0.5) is 5.69 Å². The molecule has 1 spiro atoms. The predicted molar refractivity (Wildman–Crippen MR) is 192 cm³/mol. The fourth-order valence-corrected chi connectivity index (χ4v) is 9.40. The van der Waals surface area contributed by atoms with Gasteiger partial charge in [0.05, 0.1) is 19.8 Å². The molecule has 3 N–H and O–H groups in total. The van der Waals surface area contributed by atoms with Crippen molar-refractivity contribution in [2.75, 3.05) is 38.7 Å². The number of aromatic nitrogens is 1. The van der Waals surface area contributed by atoms with E-state index >= 15 is 0 Å². The number of carbonyl (C=O) groups is 1. The zero-order valence-corrected chi connectivity index (χ0v) is 29.8. The van der Waals surface area contributed by atoms with Gasteiger partial charge in [-0.15, -0.1) is 0 Å². The summed E-state index contributed by atoms with van der Waals surface area (Å²) in [7, 11) is 1.95. The molecule has 262 valence electrons. The van der Waals surface area contributed by atoms with E-state index in [1.807, 2.05) is 31.4 Å². The van der Waals surface area contributed by atoms with Crippen LogP contribution in [0.25, 0.3) is 0 Å². The molecule has 9 heteroatoms. The average Bonchev–Trinajstić information content (AvgIpc) is 3.21. The number of halogens is 1. The quantitative estimate of drug-likeness (QED) is 0.199. The molecular formula is C40H50ClN3O5. The maximum absolute atomic E-state index is 13.0. The van der Waals surface area contributed by atoms with E-state index in [4.69, 9.17) is 25.8 Å². The van der Waals surface area contributed by atoms with Crippen LogP contribution in [0.3, 0.4) is 0 Å². The first-order valence-corrected chi connectivity index (χ1v) is 18.5. The van der Waals surface area contributed by atoms with Crippen molar-refractivity contribution in [3.63, 3.8) is 0 Å². The van der Waals surface area contributed by atoms with Gasteiger partial charge in [0.2, 0.25) is 0 Å². The summed E-state index contributed by atoms with van der Waals surface area (Å²) < 4.78 is 19.3. The molecule has 7 rings (SSSR count). The SMILES string of the molecule is CNCC1COc2cc3c(cc2OC1)C1(CCC(Nc2cccc(Cl)c2)(C(=O)O)CC1)[C@@H](C[C@@H](C)COc1ccnc2c1[C@H](C)CCC2)C3. The topological polar surface area (TPSA) is 102 Å². The van der Waals surface area contributed by atoms with Crippen molar-refractivity contribution in [1.29, 1.82) is 0 Å². The summed E-state index contributed by atoms with van der Waals surface area (Å²) in [6, 6.07) is 13.8. The van der Waals surface area contributed by atoms with Crippen LogP contribution >= 0.6 is 11.6 Å². The van der Waals surface area contributed by atoms with Crippen molar-refractivity contribution in [2.24, 2.45) is 17.8 Å². The summed E-state index contributed by atoms with van der Waals surface area (Å²) >= 11 is 6.29. The highest BCUT2D eigenvalue weighted by Crippen LogP contribution is 2.58. The Morgan fingerprint density at radius 2 is 1.90 bits per heavy atom. The first-order chi connectivity index (χ1) is 23.7. The van der Waals surface area contributed by atoms with Crippen LogP contribution in [0.1, 0.15) is 87.1 Å². The third kappa shape index (κ3) is 6.71. The van der Waals surface area contributed by atoms with E-state index in [9.17, 15) is 9.90 Å². The fraction of sp³-hybridized carbons (Fsp3) is 0.550. The number of fused-ring (bicyclic) bond motifs is 4. The van der Waals surface area contributed by atoms with E-state index in [1.165, 1.54) is 35.2 Å². The van der Waals surface area contributed by atoms with E-state index in [0.29, 0.717) is 55.4 Å². The lowest BCUT2D eigenvalue weighted by atomic mass is 9.59. The molecule has 0 radical (unpaired) electrons. The number of hydrogen-bond acceptors (Lipinski definition) is 7. The molecule has 0 bridgehead atoms. The van der Waals surface area contributed by atoms with Crippen LogP contribution in [0.5, 0.6) is 17.2 Å². The normalized spacial score (nSPS) is 27.9. The van der Waals surface area contributed by atoms with Crippen molar-refractivity contribution in [2.45, 2.75) is 88.5 Å². The molecule has 1 fully saturated rings. The van der Waals surface area contributed by atoms with Gasteiger partial charge in [-0.3, -0.25) is 4.98 Å². The standard InChI is InChI=1S/C40H50ClN3O5/c1-25(22-47-34-10-15-43-33-9-4-6-26(2)37(33)34)16-29-17-28-18-35-36(49-24-27(21-42-3)23-48-35)20-32(28)39(29)11-13-40(14-12-39,38(45)46)44-31-8-5-7-30(41)19-31/h5,7-8,10,15,18-20,25-27,29,42,44H,4,6,9,11-14,16-17,21-24H2,1-3H3,(H,45,46)/t25-,26-,27?,29+,39?,40?/m1/s1. The van der Waals surface area contributed by atoms with Gasteiger partial charge in [0, 0.05) is 40.6 Å². The third-order valence-corrected chi connectivity index (χ3v) is 12.0. The molecule has 8 nitrogen and oxygen atoms in total. The molecule has 1 unspecified atom stereocenters. The first kappa shape index (κ1) is 34.0. The second-order valence-corrected chi connectivity index (χ2v) is 15.6. The van der Waals surface area contributed by atoms with Gasteiger partial charge in [-0.1, -0.05) is 31.5 Å². The van der Waals surface area contributed by atoms with Crippen molar-refractivity contribution >= 4 is 23.3 Å². The molecule has 2 heterocycles. The molecule has 1 saturated carbocycles. The molecule has 0 saturated heterocycles. The van der Waals surface area contributed by atoms with Crippen molar-refractivity contribution in [3.05, 3.63) is 76.1 Å². The van der Waals surface area contributed by atoms with E-state index in [0.717, 1.165) is 61.6 Å². The van der Waals surface area contributed by atoms with Gasteiger partial charge in [-0.2, -0.15) is 0 Å². The number of nitrogens with zero attached hydrogens (tertiary/aromatic N) is 1. The number of carboxylic acid groups (broad SMARTS) is 1. The minimum absolute atomic E-state index is 0.169. The Kier molecular flexibility index (Phi) is 9.73. The van der Waals surface area contributed by atoms with Crippen LogP contribution < -0.4 is 24.8 Å². The van der Waals surface area contributed by atoms with Crippen molar-refractivity contribution in [3.8, 4) is 17.2 Å². The van der Waals surface area contributed by atoms with E-state index < -0.39 is 11.5 Å². The number of benzene rings is 2. The summed E-state index contributed by atoms with van der Waals surface area (Å²) in [6.45, 7) is 7.26. The first-order valence-electron chi connectivity index (χ1n) is 18.1. The molecule has 3 aromatic rings. The second-order valence-electron chi connectivity index (χ2n) is 15.2. The zero-order chi connectivity index (χ0) is 34.2. The van der Waals surface area contributed by atoms with Gasteiger partial charge in [0.15, 0.2) is 11.5 Å². The molecule has 1 aromatic heterocycles. The van der Waals surface area contributed by atoms with E-state index in [-0.39, 0.29) is 11.3 Å². The highest BCUT2D eigenvalue weighted by molar-refractivity contribution is 6.30. The summed E-state index contributed by atoms with van der Waals surface area (Å²) in [5.74, 6) is 3.17. The van der Waals surface area contributed by atoms with Crippen LogP contribution in [-0.2, 0) is 23.1 Å². The summed E-state index contributed by atoms with van der Waals surface area (Å²) in [5.41, 5.74) is 4.58. The Labute approximate surface area is 295 Å². The molecular weight excluding hydrogens is 638 g/mol. The Hall–Kier alpha value is -3.49. The second kappa shape index (κ2) is 14.0. The lowest BCUT2D eigenvalue weighted by Gasteiger charge is -2.47. The van der Waals surface area contributed by atoms with Crippen LogP contribution in [0.15, 0.2) is 48.7 Å². The fourth-order valence-electron chi connectivity index (χ4n) is 9.21. The number of rotatable bonds is 10. The maximum Gasteiger partial charge on any atom is 0.329 e. The maximum atomic E-state index is 13.0. The highest BCUT2D eigenvalue weighted by atomic mass is 35.5. The molecule has 4 aliphatic rings. The predicted octanol–water partition coefficient (Wildman–Crippen LogP) is 7.81. The van der Waals surface area contributed by atoms with Gasteiger partial charge in [0.1, 0.15) is 11.3 Å². The molecule has 3 aliphatic carbocycles. The Morgan fingerprint density at radius 1 is 1.12 bits per heavy atom. The van der Waals surface area contributed by atoms with Gasteiger partial charge in [-0.25, -0.2) is 4.79 Å². The Morgan fingerprint density at radius 3 is 2.63 bits per heavy atom. The van der Waals surface area contributed by atoms with Gasteiger partial charge >= 0.3 is 5.97 Å². The average molecular weight is 688 g/mol. The van der Waals surface area contributed by atoms with Gasteiger partial charge in [0.25, 0.3) is 0 Å². The summed E-state index contributed by atoms with van der Waals surface area (Å²) in [5, 5.41) is 17.9. The zero-order valence-electron chi connectivity index (χ0n) is 29.0. The minimum atomic E-state index is -1.07. The summed E-state index contributed by atoms with van der Waals surface area (Å²) in [4.78, 5) is 17.6. The van der Waals surface area contributed by atoms with E-state index in [2.05, 4.69) is 41.6 Å². The number of ether oxygens (including phenoxy) is 3. The molecule has 4 atom stereocenters. The van der Waals surface area contributed by atoms with Gasteiger partial charge < -0.3 is 30.0 Å². The number of carboxylic acids is 1. The van der Waals surface area contributed by atoms with Crippen molar-refractivity contribution in [1.82, 2.24) is 10.3 Å². The third-order valence-electron chi connectivity index (χ3n) is 11.8. The van der Waals surface area contributed by atoms with Gasteiger partial charge in [-0.05, 0) is 136 Å². The monoisotopic (exact) mass is 687 g/mol. The Balaban J connectivity index is 1.15. The molecule has 2 aromatic carbocycles. The largest absolute Gasteiger partial charge is 0.493 e. The number of hydrogen-bond donors (Lipinski definition) is 3. The Bertz CT molecular complexity index is 1670. The summed E-state index contributed by atoms with van der Waals surface area (Å²) in [6.07, 6.45) is 9.71. The van der Waals surface area contributed by atoms with Crippen LogP contribution in [0, 0.1) is 17.8 Å². The number of anilines is 1. The number of nitrogens with one attached hydrogen (secondary N) is 2. The number of pyridine rings is 1. The van der Waals surface area contributed by atoms with Crippen LogP contribution in [0.2, 0.25) is 5.02 Å². The lowest BCUT2D eigenvalue weighted by Crippen LogP contribution is -2.53. The smallest absolute Gasteiger partial charge is 0.329 e. The molecule has 49 heavy (non-hydrogen) atoms. The molecule has 0 amide bonds.